The first-order chi connectivity index (χ1) is 6.19. The standard InChI is InChI=1S/C9H11NO3/c1-6(5-10)7-3-4-8(13-7)9(11)12-2/h3-4H,1,5,10H2,2H3. The fourth-order valence-electron chi connectivity index (χ4n) is 0.839. The van der Waals surface area contributed by atoms with Gasteiger partial charge in [-0.05, 0) is 12.1 Å². The van der Waals surface area contributed by atoms with Gasteiger partial charge in [0.05, 0.1) is 7.11 Å². The first-order valence-electron chi connectivity index (χ1n) is 3.75. The first kappa shape index (κ1) is 9.54. The van der Waals surface area contributed by atoms with Crippen LogP contribution in [-0.2, 0) is 4.74 Å². The number of carbonyl (C=O) groups is 1. The molecular formula is C9H11NO3. The molecule has 1 heterocycles. The van der Waals surface area contributed by atoms with Crippen molar-refractivity contribution in [1.29, 1.82) is 0 Å². The molecule has 0 aromatic carbocycles. The highest BCUT2D eigenvalue weighted by Gasteiger charge is 2.11. The minimum atomic E-state index is -0.504. The van der Waals surface area contributed by atoms with Crippen molar-refractivity contribution in [2.24, 2.45) is 5.73 Å². The van der Waals surface area contributed by atoms with E-state index in [-0.39, 0.29) is 5.76 Å². The lowest BCUT2D eigenvalue weighted by Crippen LogP contribution is -2.00. The van der Waals surface area contributed by atoms with Gasteiger partial charge in [0.25, 0.3) is 0 Å². The van der Waals surface area contributed by atoms with Crippen LogP contribution in [0, 0.1) is 0 Å². The Morgan fingerprint density at radius 3 is 2.77 bits per heavy atom. The molecule has 0 aliphatic rings. The number of carbonyl (C=O) groups excluding carboxylic acids is 1. The van der Waals surface area contributed by atoms with Crippen LogP contribution < -0.4 is 5.73 Å². The average Bonchev–Trinajstić information content (AvgIpc) is 2.64. The molecule has 0 bridgehead atoms. The molecule has 2 N–H and O–H groups in total. The predicted octanol–water partition coefficient (Wildman–Crippen LogP) is 1.04. The summed E-state index contributed by atoms with van der Waals surface area (Å²) in [6, 6.07) is 3.17. The van der Waals surface area contributed by atoms with Crippen LogP contribution in [0.15, 0.2) is 23.1 Å². The summed E-state index contributed by atoms with van der Waals surface area (Å²) in [5.74, 6) is 0.172. The summed E-state index contributed by atoms with van der Waals surface area (Å²) in [7, 11) is 1.29. The Morgan fingerprint density at radius 1 is 1.62 bits per heavy atom. The van der Waals surface area contributed by atoms with E-state index in [9.17, 15) is 4.79 Å². The van der Waals surface area contributed by atoms with Gasteiger partial charge in [-0.15, -0.1) is 0 Å². The molecule has 0 fully saturated rings. The van der Waals surface area contributed by atoms with E-state index >= 15 is 0 Å². The van der Waals surface area contributed by atoms with Gasteiger partial charge in [-0.2, -0.15) is 0 Å². The maximum absolute atomic E-state index is 11.0. The average molecular weight is 181 g/mol. The second kappa shape index (κ2) is 3.91. The molecule has 13 heavy (non-hydrogen) atoms. The monoisotopic (exact) mass is 181 g/mol. The largest absolute Gasteiger partial charge is 0.463 e. The molecule has 1 aromatic rings. The lowest BCUT2D eigenvalue weighted by molar-refractivity contribution is 0.0564. The number of nitrogens with two attached hydrogens (primary N) is 1. The maximum atomic E-state index is 11.0. The van der Waals surface area contributed by atoms with E-state index in [0.717, 1.165) is 0 Å². The molecule has 0 spiro atoms. The van der Waals surface area contributed by atoms with E-state index in [1.165, 1.54) is 13.2 Å². The van der Waals surface area contributed by atoms with Crippen molar-refractivity contribution < 1.29 is 13.9 Å². The number of hydrogen-bond acceptors (Lipinski definition) is 4. The van der Waals surface area contributed by atoms with Crippen LogP contribution in [0.25, 0.3) is 5.57 Å². The molecule has 70 valence electrons. The second-order valence-electron chi connectivity index (χ2n) is 2.46. The van der Waals surface area contributed by atoms with E-state index in [4.69, 9.17) is 10.2 Å². The zero-order valence-electron chi connectivity index (χ0n) is 7.37. The normalized spacial score (nSPS) is 9.69. The molecule has 0 atom stereocenters. The summed E-state index contributed by atoms with van der Waals surface area (Å²) >= 11 is 0. The molecule has 4 heteroatoms. The van der Waals surface area contributed by atoms with E-state index in [2.05, 4.69) is 11.3 Å². The third-order valence-electron chi connectivity index (χ3n) is 1.59. The van der Waals surface area contributed by atoms with Gasteiger partial charge in [0.1, 0.15) is 5.76 Å². The van der Waals surface area contributed by atoms with E-state index < -0.39 is 5.97 Å². The van der Waals surface area contributed by atoms with Gasteiger partial charge in [0.15, 0.2) is 0 Å². The van der Waals surface area contributed by atoms with Gasteiger partial charge in [-0.3, -0.25) is 0 Å². The minimum Gasteiger partial charge on any atom is -0.463 e. The molecule has 1 rings (SSSR count). The molecule has 1 aromatic heterocycles. The van der Waals surface area contributed by atoms with Crippen LogP contribution in [0.1, 0.15) is 16.3 Å². The fraction of sp³-hybridized carbons (Fsp3) is 0.222. The summed E-state index contributed by atoms with van der Waals surface area (Å²) in [6.45, 7) is 3.97. The molecule has 0 saturated heterocycles. The highest BCUT2D eigenvalue weighted by Crippen LogP contribution is 2.15. The Morgan fingerprint density at radius 2 is 2.23 bits per heavy atom. The number of furan rings is 1. The summed E-state index contributed by atoms with van der Waals surface area (Å²) in [6.07, 6.45) is 0. The number of rotatable bonds is 3. The maximum Gasteiger partial charge on any atom is 0.373 e. The molecule has 0 amide bonds. The molecule has 0 unspecified atom stereocenters. The summed E-state index contributed by atoms with van der Waals surface area (Å²) in [5, 5.41) is 0. The number of methoxy groups -OCH3 is 1. The minimum absolute atomic E-state index is 0.159. The molecule has 0 aliphatic carbocycles. The topological polar surface area (TPSA) is 65.5 Å². The zero-order chi connectivity index (χ0) is 9.84. The molecular weight excluding hydrogens is 170 g/mol. The molecule has 0 saturated carbocycles. The fourth-order valence-corrected chi connectivity index (χ4v) is 0.839. The van der Waals surface area contributed by atoms with Gasteiger partial charge in [-0.1, -0.05) is 6.58 Å². The third-order valence-corrected chi connectivity index (χ3v) is 1.59. The quantitative estimate of drug-likeness (QED) is 0.707. The van der Waals surface area contributed by atoms with Gasteiger partial charge in [-0.25, -0.2) is 4.79 Å². The van der Waals surface area contributed by atoms with Crippen LogP contribution in [0.4, 0.5) is 0 Å². The summed E-state index contributed by atoms with van der Waals surface area (Å²) in [4.78, 5) is 11.0. The van der Waals surface area contributed by atoms with Crippen LogP contribution in [-0.4, -0.2) is 19.6 Å². The van der Waals surface area contributed by atoms with Gasteiger partial charge >= 0.3 is 5.97 Å². The van der Waals surface area contributed by atoms with Crippen LogP contribution in [0.5, 0.6) is 0 Å². The Bertz CT molecular complexity index is 297. The number of ether oxygens (including phenoxy) is 1. The molecule has 0 aliphatic heterocycles. The van der Waals surface area contributed by atoms with Crippen molar-refractivity contribution in [3.63, 3.8) is 0 Å². The van der Waals surface area contributed by atoms with Crippen LogP contribution >= 0.6 is 0 Å². The SMILES string of the molecule is C=C(CN)c1ccc(C(=O)OC)o1. The van der Waals surface area contributed by atoms with Crippen molar-refractivity contribution in [2.45, 2.75) is 0 Å². The smallest absolute Gasteiger partial charge is 0.373 e. The molecule has 0 radical (unpaired) electrons. The lowest BCUT2D eigenvalue weighted by atomic mass is 10.2. The Hall–Kier alpha value is -1.55. The lowest BCUT2D eigenvalue weighted by Gasteiger charge is -1.96. The van der Waals surface area contributed by atoms with Crippen LogP contribution in [0.2, 0.25) is 0 Å². The Labute approximate surface area is 76.0 Å². The Balaban J connectivity index is 2.86. The molecule has 4 nitrogen and oxygen atoms in total. The summed E-state index contributed by atoms with van der Waals surface area (Å²) < 4.78 is 9.60. The van der Waals surface area contributed by atoms with Gasteiger partial charge in [0.2, 0.25) is 5.76 Å². The highest BCUT2D eigenvalue weighted by molar-refractivity contribution is 5.86. The second-order valence-corrected chi connectivity index (χ2v) is 2.46. The van der Waals surface area contributed by atoms with Crippen molar-refractivity contribution in [3.8, 4) is 0 Å². The van der Waals surface area contributed by atoms with Crippen molar-refractivity contribution in [3.05, 3.63) is 30.2 Å². The van der Waals surface area contributed by atoms with E-state index in [1.54, 1.807) is 6.07 Å². The number of esters is 1. The first-order valence-corrected chi connectivity index (χ1v) is 3.75. The van der Waals surface area contributed by atoms with Crippen molar-refractivity contribution in [2.75, 3.05) is 13.7 Å². The van der Waals surface area contributed by atoms with Gasteiger partial charge < -0.3 is 14.9 Å². The number of hydrogen-bond donors (Lipinski definition) is 1. The third kappa shape index (κ3) is 1.97. The highest BCUT2D eigenvalue weighted by atomic mass is 16.5. The van der Waals surface area contributed by atoms with E-state index in [0.29, 0.717) is 17.9 Å². The zero-order valence-corrected chi connectivity index (χ0v) is 7.37. The van der Waals surface area contributed by atoms with E-state index in [1.807, 2.05) is 0 Å². The van der Waals surface area contributed by atoms with Crippen molar-refractivity contribution in [1.82, 2.24) is 0 Å². The Kier molecular flexibility index (Phi) is 2.87. The van der Waals surface area contributed by atoms with Gasteiger partial charge in [0, 0.05) is 12.1 Å². The summed E-state index contributed by atoms with van der Waals surface area (Å²) in [5.41, 5.74) is 5.99. The van der Waals surface area contributed by atoms with Crippen LogP contribution in [0.3, 0.4) is 0 Å². The predicted molar refractivity (Wildman–Crippen MR) is 48.1 cm³/mol. The van der Waals surface area contributed by atoms with Crippen molar-refractivity contribution >= 4 is 11.5 Å².